The molecule has 1 aliphatic carbocycles. The van der Waals surface area contributed by atoms with Crippen molar-refractivity contribution in [1.82, 2.24) is 9.80 Å². The summed E-state index contributed by atoms with van der Waals surface area (Å²) in [6, 6.07) is 4.06. The molecule has 0 radical (unpaired) electrons. The zero-order valence-electron chi connectivity index (χ0n) is 16.2. The summed E-state index contributed by atoms with van der Waals surface area (Å²) in [4.78, 5) is 4.49. The Kier molecular flexibility index (Phi) is 6.41. The molecule has 0 bridgehead atoms. The standard InChI is InChI=1S/C20H29F3N2O3/c1-24-9-11-25(12-10-24)14-16(19(27)7-3-2-4-8-19)15-5-6-17(26)18(13-15)28-20(21,22)23/h5-6,13,16,26-27H,2-4,7-12,14H2,1H3. The number of alkyl halides is 3. The molecule has 0 aromatic heterocycles. The summed E-state index contributed by atoms with van der Waals surface area (Å²) >= 11 is 0. The molecule has 0 amide bonds. The summed E-state index contributed by atoms with van der Waals surface area (Å²) < 4.78 is 42.1. The summed E-state index contributed by atoms with van der Waals surface area (Å²) in [5.41, 5.74) is -0.394. The van der Waals surface area contributed by atoms with Gasteiger partial charge in [0.2, 0.25) is 0 Å². The van der Waals surface area contributed by atoms with Gasteiger partial charge in [-0.2, -0.15) is 0 Å². The summed E-state index contributed by atoms with van der Waals surface area (Å²) in [5, 5.41) is 21.2. The number of nitrogens with zero attached hydrogens (tertiary/aromatic N) is 2. The van der Waals surface area contributed by atoms with E-state index in [2.05, 4.69) is 21.6 Å². The molecule has 0 spiro atoms. The number of rotatable bonds is 5. The molecule has 1 saturated heterocycles. The SMILES string of the molecule is CN1CCN(CC(c2ccc(O)c(OC(F)(F)F)c2)C2(O)CCCCC2)CC1. The lowest BCUT2D eigenvalue weighted by Crippen LogP contribution is -2.50. The van der Waals surface area contributed by atoms with E-state index in [-0.39, 0.29) is 5.92 Å². The average Bonchev–Trinajstić information content (AvgIpc) is 2.63. The molecule has 28 heavy (non-hydrogen) atoms. The fourth-order valence-electron chi connectivity index (χ4n) is 4.34. The molecule has 8 heteroatoms. The van der Waals surface area contributed by atoms with Gasteiger partial charge < -0.3 is 24.7 Å². The van der Waals surface area contributed by atoms with Crippen LogP contribution in [0.25, 0.3) is 0 Å². The highest BCUT2D eigenvalue weighted by Gasteiger charge is 2.40. The van der Waals surface area contributed by atoms with E-state index in [4.69, 9.17) is 0 Å². The Balaban J connectivity index is 1.88. The second kappa shape index (κ2) is 8.47. The van der Waals surface area contributed by atoms with Crippen molar-refractivity contribution in [1.29, 1.82) is 0 Å². The third kappa shape index (κ3) is 5.30. The topological polar surface area (TPSA) is 56.2 Å². The average molecular weight is 402 g/mol. The molecule has 1 saturated carbocycles. The lowest BCUT2D eigenvalue weighted by atomic mass is 9.72. The van der Waals surface area contributed by atoms with Crippen molar-refractivity contribution < 1.29 is 28.1 Å². The normalized spacial score (nSPS) is 22.8. The second-order valence-electron chi connectivity index (χ2n) is 8.10. The second-order valence-corrected chi connectivity index (χ2v) is 8.10. The van der Waals surface area contributed by atoms with E-state index < -0.39 is 23.5 Å². The maximum Gasteiger partial charge on any atom is 0.573 e. The first-order chi connectivity index (χ1) is 13.2. The van der Waals surface area contributed by atoms with Gasteiger partial charge >= 0.3 is 6.36 Å². The van der Waals surface area contributed by atoms with E-state index in [1.165, 1.54) is 12.1 Å². The van der Waals surface area contributed by atoms with Crippen LogP contribution >= 0.6 is 0 Å². The first-order valence-electron chi connectivity index (χ1n) is 9.88. The third-order valence-corrected chi connectivity index (χ3v) is 6.02. The van der Waals surface area contributed by atoms with Crippen molar-refractivity contribution in [3.8, 4) is 11.5 Å². The van der Waals surface area contributed by atoms with Crippen LogP contribution in [-0.4, -0.2) is 71.7 Å². The monoisotopic (exact) mass is 402 g/mol. The molecule has 2 N–H and O–H groups in total. The first-order valence-corrected chi connectivity index (χ1v) is 9.88. The zero-order valence-corrected chi connectivity index (χ0v) is 16.2. The van der Waals surface area contributed by atoms with Gasteiger partial charge in [0.15, 0.2) is 11.5 Å². The summed E-state index contributed by atoms with van der Waals surface area (Å²) in [6.07, 6.45) is -0.769. The number of hydrogen-bond donors (Lipinski definition) is 2. The third-order valence-electron chi connectivity index (χ3n) is 6.02. The maximum atomic E-state index is 12.7. The van der Waals surface area contributed by atoms with Crippen molar-refractivity contribution in [3.63, 3.8) is 0 Å². The molecule has 1 aromatic rings. The minimum atomic E-state index is -4.88. The molecule has 1 atom stereocenters. The van der Waals surface area contributed by atoms with Gasteiger partial charge in [0, 0.05) is 38.6 Å². The van der Waals surface area contributed by atoms with Gasteiger partial charge in [0.1, 0.15) is 0 Å². The molecule has 2 fully saturated rings. The van der Waals surface area contributed by atoms with Gasteiger partial charge in [-0.3, -0.25) is 0 Å². The quantitative estimate of drug-likeness (QED) is 0.792. The smallest absolute Gasteiger partial charge is 0.504 e. The van der Waals surface area contributed by atoms with Crippen molar-refractivity contribution in [2.45, 2.75) is 50.0 Å². The molecular formula is C20H29F3N2O3. The Morgan fingerprint density at radius 3 is 2.36 bits per heavy atom. The van der Waals surface area contributed by atoms with Crippen LogP contribution in [0.5, 0.6) is 11.5 Å². The van der Waals surface area contributed by atoms with E-state index in [0.717, 1.165) is 45.4 Å². The number of hydrogen-bond acceptors (Lipinski definition) is 5. The zero-order chi connectivity index (χ0) is 20.4. The number of aliphatic hydroxyl groups is 1. The van der Waals surface area contributed by atoms with E-state index in [9.17, 15) is 23.4 Å². The van der Waals surface area contributed by atoms with Crippen LogP contribution in [0.1, 0.15) is 43.6 Å². The number of ether oxygens (including phenoxy) is 1. The van der Waals surface area contributed by atoms with Crippen LogP contribution in [0.3, 0.4) is 0 Å². The number of likely N-dealkylation sites (N-methyl/N-ethyl adjacent to an activating group) is 1. The predicted octanol–water partition coefficient (Wildman–Crippen LogP) is 3.32. The number of halogens is 3. The number of piperazine rings is 1. The Morgan fingerprint density at radius 2 is 1.75 bits per heavy atom. The molecular weight excluding hydrogens is 373 g/mol. The van der Waals surface area contributed by atoms with Crippen molar-refractivity contribution >= 4 is 0 Å². The van der Waals surface area contributed by atoms with Gasteiger partial charge in [-0.1, -0.05) is 25.3 Å². The largest absolute Gasteiger partial charge is 0.573 e. The van der Waals surface area contributed by atoms with Gasteiger partial charge in [0.05, 0.1) is 5.60 Å². The highest BCUT2D eigenvalue weighted by atomic mass is 19.4. The summed E-state index contributed by atoms with van der Waals surface area (Å²) in [5.74, 6) is -1.52. The number of phenols is 1. The van der Waals surface area contributed by atoms with Gasteiger partial charge in [0.25, 0.3) is 0 Å². The fraction of sp³-hybridized carbons (Fsp3) is 0.700. The van der Waals surface area contributed by atoms with Crippen LogP contribution < -0.4 is 4.74 Å². The van der Waals surface area contributed by atoms with Crippen molar-refractivity contribution in [2.75, 3.05) is 39.8 Å². The van der Waals surface area contributed by atoms with Crippen LogP contribution in [0.15, 0.2) is 18.2 Å². The maximum absolute atomic E-state index is 12.7. The Labute approximate surface area is 163 Å². The molecule has 1 aromatic carbocycles. The van der Waals surface area contributed by atoms with E-state index in [1.807, 2.05) is 0 Å². The Morgan fingerprint density at radius 1 is 1.11 bits per heavy atom. The predicted molar refractivity (Wildman–Crippen MR) is 99.5 cm³/mol. The minimum absolute atomic E-state index is 0.340. The van der Waals surface area contributed by atoms with Gasteiger partial charge in [-0.05, 0) is 37.6 Å². The number of aromatic hydroxyl groups is 1. The lowest BCUT2D eigenvalue weighted by Gasteiger charge is -2.43. The first kappa shape index (κ1) is 21.2. The van der Waals surface area contributed by atoms with Crippen LogP contribution in [0.2, 0.25) is 0 Å². The molecule has 1 aliphatic heterocycles. The van der Waals surface area contributed by atoms with Crippen LogP contribution in [0.4, 0.5) is 13.2 Å². The van der Waals surface area contributed by atoms with Crippen LogP contribution in [-0.2, 0) is 0 Å². The summed E-state index contributed by atoms with van der Waals surface area (Å²) in [7, 11) is 2.06. The number of benzene rings is 1. The van der Waals surface area contributed by atoms with Crippen LogP contribution in [0, 0.1) is 0 Å². The van der Waals surface area contributed by atoms with Gasteiger partial charge in [-0.15, -0.1) is 13.2 Å². The highest BCUT2D eigenvalue weighted by molar-refractivity contribution is 5.44. The molecule has 5 nitrogen and oxygen atoms in total. The molecule has 1 heterocycles. The molecule has 158 valence electrons. The lowest BCUT2D eigenvalue weighted by molar-refractivity contribution is -0.275. The van der Waals surface area contributed by atoms with Gasteiger partial charge in [-0.25, -0.2) is 0 Å². The Hall–Kier alpha value is -1.51. The highest BCUT2D eigenvalue weighted by Crippen LogP contribution is 2.43. The molecule has 1 unspecified atom stereocenters. The Bertz CT molecular complexity index is 655. The number of phenolic OH excluding ortho intramolecular Hbond substituents is 1. The van der Waals surface area contributed by atoms with Crippen molar-refractivity contribution in [3.05, 3.63) is 23.8 Å². The van der Waals surface area contributed by atoms with Crippen molar-refractivity contribution in [2.24, 2.45) is 0 Å². The van der Waals surface area contributed by atoms with E-state index in [1.54, 1.807) is 6.07 Å². The fourth-order valence-corrected chi connectivity index (χ4v) is 4.34. The van der Waals surface area contributed by atoms with E-state index in [0.29, 0.717) is 24.9 Å². The molecule has 3 rings (SSSR count). The van der Waals surface area contributed by atoms with E-state index >= 15 is 0 Å². The molecule has 2 aliphatic rings. The minimum Gasteiger partial charge on any atom is -0.504 e. The summed E-state index contributed by atoms with van der Waals surface area (Å²) in [6.45, 7) is 4.12.